The van der Waals surface area contributed by atoms with Gasteiger partial charge in [-0.15, -0.1) is 0 Å². The monoisotopic (exact) mass is 288 g/mol. The number of rotatable bonds is 6. The van der Waals surface area contributed by atoms with Crippen molar-refractivity contribution < 1.29 is 9.90 Å². The van der Waals surface area contributed by atoms with Crippen molar-refractivity contribution in [1.29, 1.82) is 0 Å². The molecule has 0 spiro atoms. The van der Waals surface area contributed by atoms with E-state index >= 15 is 0 Å². The molecule has 1 saturated carbocycles. The molecule has 21 heavy (non-hydrogen) atoms. The number of aliphatic carboxylic acids is 1. The van der Waals surface area contributed by atoms with Crippen LogP contribution in [-0.4, -0.2) is 41.7 Å². The summed E-state index contributed by atoms with van der Waals surface area (Å²) < 4.78 is 0. The Morgan fingerprint density at radius 2 is 2.14 bits per heavy atom. The van der Waals surface area contributed by atoms with Crippen LogP contribution >= 0.6 is 0 Å². The van der Waals surface area contributed by atoms with Crippen LogP contribution in [0.3, 0.4) is 0 Å². The number of carbonyl (C=O) groups is 1. The minimum absolute atomic E-state index is 0.557. The maximum Gasteiger partial charge on any atom is 0.329 e. The molecule has 2 aliphatic rings. The molecule has 114 valence electrons. The Hall–Kier alpha value is -1.39. The second-order valence-electron chi connectivity index (χ2n) is 6.37. The summed E-state index contributed by atoms with van der Waals surface area (Å²) >= 11 is 0. The molecule has 2 fully saturated rings. The average Bonchev–Trinajstić information content (AvgIpc) is 3.10. The molecule has 2 N–H and O–H groups in total. The van der Waals surface area contributed by atoms with Gasteiger partial charge >= 0.3 is 5.97 Å². The zero-order chi connectivity index (χ0) is 14.9. The van der Waals surface area contributed by atoms with Crippen molar-refractivity contribution in [2.45, 2.75) is 37.8 Å². The average molecular weight is 288 g/mol. The lowest BCUT2D eigenvalue weighted by molar-refractivity contribution is -0.146. The molecule has 1 aliphatic carbocycles. The number of piperidine rings is 1. The first-order valence-corrected chi connectivity index (χ1v) is 7.93. The van der Waals surface area contributed by atoms with Crippen LogP contribution in [0.4, 0.5) is 0 Å². The summed E-state index contributed by atoms with van der Waals surface area (Å²) in [5.74, 6) is -0.00258. The van der Waals surface area contributed by atoms with Gasteiger partial charge in [0.25, 0.3) is 0 Å². The zero-order valence-electron chi connectivity index (χ0n) is 12.6. The topological polar surface area (TPSA) is 52.6 Å². The number of carboxylic acid groups (broad SMARTS) is 1. The first-order chi connectivity index (χ1) is 10.2. The number of carboxylic acids is 1. The second kappa shape index (κ2) is 5.78. The van der Waals surface area contributed by atoms with Crippen molar-refractivity contribution >= 4 is 5.97 Å². The van der Waals surface area contributed by atoms with E-state index in [9.17, 15) is 9.90 Å². The van der Waals surface area contributed by atoms with Gasteiger partial charge in [-0.3, -0.25) is 10.2 Å². The number of benzene rings is 1. The van der Waals surface area contributed by atoms with Crippen LogP contribution in [0.15, 0.2) is 30.3 Å². The van der Waals surface area contributed by atoms with E-state index < -0.39 is 11.5 Å². The molecule has 0 aromatic heterocycles. The minimum Gasteiger partial charge on any atom is -0.480 e. The van der Waals surface area contributed by atoms with Crippen LogP contribution in [-0.2, 0) is 10.3 Å². The standard InChI is InChI=1S/C17H24N2O2/c1-2-18-17(16(20)21,14-6-4-3-5-7-14)12-19-11-13-8-9-15(19)10-13/h3-7,13,15,18H,2,8-12H2,1H3,(H,20,21). The van der Waals surface area contributed by atoms with Crippen LogP contribution in [0.2, 0.25) is 0 Å². The zero-order valence-corrected chi connectivity index (χ0v) is 12.6. The van der Waals surface area contributed by atoms with Gasteiger partial charge < -0.3 is 5.11 Å². The number of fused-ring (bicyclic) bond motifs is 2. The summed E-state index contributed by atoms with van der Waals surface area (Å²) in [7, 11) is 0. The fourth-order valence-corrected chi connectivity index (χ4v) is 4.07. The van der Waals surface area contributed by atoms with Crippen LogP contribution < -0.4 is 5.32 Å². The molecule has 1 heterocycles. The lowest BCUT2D eigenvalue weighted by Gasteiger charge is -2.38. The summed E-state index contributed by atoms with van der Waals surface area (Å²) in [6.07, 6.45) is 3.78. The molecule has 1 aromatic rings. The number of likely N-dealkylation sites (tertiary alicyclic amines) is 1. The van der Waals surface area contributed by atoms with E-state index in [1.54, 1.807) is 0 Å². The van der Waals surface area contributed by atoms with E-state index in [1.165, 1.54) is 19.3 Å². The van der Waals surface area contributed by atoms with Gasteiger partial charge in [0.2, 0.25) is 0 Å². The molecular weight excluding hydrogens is 264 g/mol. The maximum atomic E-state index is 12.1. The maximum absolute atomic E-state index is 12.1. The molecule has 3 atom stereocenters. The van der Waals surface area contributed by atoms with E-state index in [1.807, 2.05) is 37.3 Å². The highest BCUT2D eigenvalue weighted by Crippen LogP contribution is 2.39. The first kappa shape index (κ1) is 14.5. The Morgan fingerprint density at radius 3 is 2.67 bits per heavy atom. The quantitative estimate of drug-likeness (QED) is 0.841. The van der Waals surface area contributed by atoms with Crippen molar-refractivity contribution in [3.05, 3.63) is 35.9 Å². The van der Waals surface area contributed by atoms with E-state index in [0.717, 1.165) is 18.0 Å². The number of hydrogen-bond acceptors (Lipinski definition) is 3. The van der Waals surface area contributed by atoms with Crippen molar-refractivity contribution in [2.75, 3.05) is 19.6 Å². The third-order valence-electron chi connectivity index (χ3n) is 5.07. The first-order valence-electron chi connectivity index (χ1n) is 7.93. The highest BCUT2D eigenvalue weighted by molar-refractivity contribution is 5.81. The van der Waals surface area contributed by atoms with Crippen molar-refractivity contribution in [2.24, 2.45) is 5.92 Å². The molecule has 0 amide bonds. The predicted octanol–water partition coefficient (Wildman–Crippen LogP) is 2.06. The molecule has 4 nitrogen and oxygen atoms in total. The lowest BCUT2D eigenvalue weighted by Crippen LogP contribution is -2.57. The molecule has 0 radical (unpaired) electrons. The summed E-state index contributed by atoms with van der Waals surface area (Å²) in [6, 6.07) is 10.2. The summed E-state index contributed by atoms with van der Waals surface area (Å²) in [4.78, 5) is 14.5. The highest BCUT2D eigenvalue weighted by Gasteiger charge is 2.46. The van der Waals surface area contributed by atoms with Gasteiger partial charge in [-0.25, -0.2) is 4.79 Å². The number of likely N-dealkylation sites (N-methyl/N-ethyl adjacent to an activating group) is 1. The van der Waals surface area contributed by atoms with E-state index in [4.69, 9.17) is 0 Å². The predicted molar refractivity (Wildman–Crippen MR) is 82.1 cm³/mol. The Bertz CT molecular complexity index is 505. The van der Waals surface area contributed by atoms with Crippen molar-refractivity contribution in [1.82, 2.24) is 10.2 Å². The van der Waals surface area contributed by atoms with E-state index in [2.05, 4.69) is 10.2 Å². The second-order valence-corrected chi connectivity index (χ2v) is 6.37. The summed E-state index contributed by atoms with van der Waals surface area (Å²) in [5, 5.41) is 13.2. The Morgan fingerprint density at radius 1 is 1.38 bits per heavy atom. The largest absolute Gasteiger partial charge is 0.480 e. The fourth-order valence-electron chi connectivity index (χ4n) is 4.07. The fraction of sp³-hybridized carbons (Fsp3) is 0.588. The van der Waals surface area contributed by atoms with Crippen molar-refractivity contribution in [3.8, 4) is 0 Å². The minimum atomic E-state index is -1.000. The van der Waals surface area contributed by atoms with Crippen LogP contribution in [0, 0.1) is 5.92 Å². The molecule has 3 rings (SSSR count). The third kappa shape index (κ3) is 2.58. The van der Waals surface area contributed by atoms with Crippen LogP contribution in [0.25, 0.3) is 0 Å². The Kier molecular flexibility index (Phi) is 4.00. The summed E-state index contributed by atoms with van der Waals surface area (Å²) in [5.41, 5.74) is -0.150. The molecule has 4 heteroatoms. The Labute approximate surface area is 126 Å². The van der Waals surface area contributed by atoms with Crippen LogP contribution in [0.1, 0.15) is 31.7 Å². The lowest BCUT2D eigenvalue weighted by atomic mass is 9.88. The number of nitrogens with zero attached hydrogens (tertiary/aromatic N) is 1. The Balaban J connectivity index is 1.90. The van der Waals surface area contributed by atoms with Gasteiger partial charge in [0.1, 0.15) is 0 Å². The molecule has 3 unspecified atom stereocenters. The molecule has 1 aliphatic heterocycles. The number of nitrogens with one attached hydrogen (secondary N) is 1. The van der Waals surface area contributed by atoms with Gasteiger partial charge in [0.05, 0.1) is 0 Å². The molecule has 2 bridgehead atoms. The molecular formula is C17H24N2O2. The van der Waals surface area contributed by atoms with Crippen LogP contribution in [0.5, 0.6) is 0 Å². The van der Waals surface area contributed by atoms with E-state index in [0.29, 0.717) is 19.1 Å². The summed E-state index contributed by atoms with van der Waals surface area (Å²) in [6.45, 7) is 4.22. The van der Waals surface area contributed by atoms with Crippen molar-refractivity contribution in [3.63, 3.8) is 0 Å². The molecule has 1 aromatic carbocycles. The normalized spacial score (nSPS) is 27.7. The van der Waals surface area contributed by atoms with Gasteiger partial charge in [-0.05, 0) is 37.3 Å². The highest BCUT2D eigenvalue weighted by atomic mass is 16.4. The SMILES string of the molecule is CCNC(CN1CC2CCC1C2)(C(=O)O)c1ccccc1. The molecule has 1 saturated heterocycles. The van der Waals surface area contributed by atoms with E-state index in [-0.39, 0.29) is 0 Å². The van der Waals surface area contributed by atoms with Gasteiger partial charge in [-0.1, -0.05) is 37.3 Å². The van der Waals surface area contributed by atoms with Gasteiger partial charge in [0, 0.05) is 19.1 Å². The van der Waals surface area contributed by atoms with Gasteiger partial charge in [-0.2, -0.15) is 0 Å². The number of hydrogen-bond donors (Lipinski definition) is 2. The smallest absolute Gasteiger partial charge is 0.329 e. The van der Waals surface area contributed by atoms with Gasteiger partial charge in [0.15, 0.2) is 5.54 Å². The third-order valence-corrected chi connectivity index (χ3v) is 5.07.